The van der Waals surface area contributed by atoms with Crippen LogP contribution in [-0.4, -0.2) is 29.9 Å². The van der Waals surface area contributed by atoms with Crippen LogP contribution < -0.4 is 0 Å². The van der Waals surface area contributed by atoms with Gasteiger partial charge in [-0.2, -0.15) is 0 Å². The maximum atomic E-state index is 8.88. The van der Waals surface area contributed by atoms with Crippen LogP contribution in [-0.2, 0) is 98.6 Å². The molecule has 22 rings (SSSR count). The van der Waals surface area contributed by atoms with Crippen molar-refractivity contribution in [3.8, 4) is 78.7 Å². The zero-order valence-corrected chi connectivity index (χ0v) is 90.4. The molecule has 0 bridgehead atoms. The molecule has 0 unspecified atom stereocenters. The van der Waals surface area contributed by atoms with Gasteiger partial charge in [-0.1, -0.05) is 340 Å². The van der Waals surface area contributed by atoms with Crippen LogP contribution in [0.2, 0.25) is 0 Å². The molecular formula is C136H126Ir3N6O3-6. The summed E-state index contributed by atoms with van der Waals surface area (Å²) < 4.78 is 273. The van der Waals surface area contributed by atoms with Gasteiger partial charge in [-0.3, -0.25) is 0 Å². The Morgan fingerprint density at radius 3 is 1.34 bits per heavy atom. The van der Waals surface area contributed by atoms with E-state index in [1.54, 1.807) is 192 Å². The molecule has 22 aromatic rings. The number of rotatable bonds is 18. The molecule has 13 aromatic carbocycles. The van der Waals surface area contributed by atoms with Gasteiger partial charge in [0.05, 0.1) is 16.7 Å². The molecule has 0 aliphatic heterocycles. The minimum Gasteiger partial charge on any atom is -0.501 e. The van der Waals surface area contributed by atoms with E-state index in [1.165, 1.54) is 78.4 Å². The number of furan rings is 3. The number of hydrogen-bond donors (Lipinski definition) is 0. The zero-order chi connectivity index (χ0) is 129. The molecular weight excluding hydrogens is 2340 g/mol. The van der Waals surface area contributed by atoms with Gasteiger partial charge in [0.25, 0.3) is 0 Å². The van der Waals surface area contributed by atoms with Crippen molar-refractivity contribution in [1.29, 1.82) is 0 Å². The number of aryl methyl sites for hydroxylation is 8. The van der Waals surface area contributed by atoms with Crippen molar-refractivity contribution in [2.75, 3.05) is 0 Å². The molecule has 9 nitrogen and oxygen atoms in total. The Hall–Kier alpha value is -13.9. The summed E-state index contributed by atoms with van der Waals surface area (Å²) >= 11 is 0. The van der Waals surface area contributed by atoms with E-state index in [-0.39, 0.29) is 99.3 Å². The molecule has 148 heavy (non-hydrogen) atoms. The predicted octanol–water partition coefficient (Wildman–Crippen LogP) is 35.4. The number of aromatic nitrogens is 6. The molecule has 0 spiro atoms. The largest absolute Gasteiger partial charge is 0.501 e. The Bertz CT molecular complexity index is 9620. The molecule has 0 saturated heterocycles. The summed E-state index contributed by atoms with van der Waals surface area (Å²) in [6, 6.07) is 109. The second kappa shape index (κ2) is 50.2. The van der Waals surface area contributed by atoms with Crippen LogP contribution in [0.25, 0.3) is 144 Å². The molecule has 0 N–H and O–H groups in total. The number of fused-ring (bicyclic) bond motifs is 9. The summed E-state index contributed by atoms with van der Waals surface area (Å²) in [4.78, 5) is 26.2. The fourth-order valence-electron chi connectivity index (χ4n) is 16.5. The molecule has 9 aromatic heterocycles. The molecule has 9 heterocycles. The van der Waals surface area contributed by atoms with E-state index in [0.29, 0.717) is 151 Å². The number of pyridine rings is 6. The fourth-order valence-corrected chi connectivity index (χ4v) is 16.5. The van der Waals surface area contributed by atoms with Gasteiger partial charge in [-0.15, -0.1) is 161 Å². The fraction of sp³-hybridized carbons (Fsp3) is 0.206. The second-order valence-corrected chi connectivity index (χ2v) is 37.6. The Balaban J connectivity index is 0.000000168. The summed E-state index contributed by atoms with van der Waals surface area (Å²) in [6.45, 7) is 4.67. The Kier molecular flexibility index (Phi) is 25.1. The number of nitrogens with zero attached hydrogens (tertiary/aromatic N) is 6. The Morgan fingerprint density at radius 2 is 0.797 bits per heavy atom. The SMILES string of the molecule is [2H]C([2H])([2H])c1c[c-]c(-c2cc(C([2H])(C)C)c(C([2H])([2H])[2H])cn2)cc1.[2H]C([2H])([2H])c1c[c-]c(-c2cc(C)c(CC(C)C)cn2)cc1.[2H]C([2H])([2H])c1c[c-]c(-c2ccc(C([2H])([2H])[2H])cn2)cc1.[2H]C([2H])([2H])c1cnc(-c2[c-]ccc3c2oc2cc(C([2H])([2H])c4ccccc4)ccc23)cc1C([2H])([2H])C(C)(C)C.[2H]C([2H])([2H])c1cnc(-c2[c-]ccc3c2oc2ccc(C([2H])([2H])c4ccccc4)cc23)cc1-c1ccccc1.[2H]C([2H])(c1ccccc1)c1cccc2c1oc1c(-c3cc(C([2H])([2H])C(C)(C)C)ccn3)[c-]ccc12.[Ir].[Ir].[Ir]. The van der Waals surface area contributed by atoms with Gasteiger partial charge in [-0.05, 0) is 225 Å². The van der Waals surface area contributed by atoms with Crippen molar-refractivity contribution in [3.05, 3.63) is 489 Å². The molecule has 0 fully saturated rings. The average Bonchev–Trinajstić information content (AvgIpc) is 1.66. The van der Waals surface area contributed by atoms with Crippen molar-refractivity contribution in [3.63, 3.8) is 0 Å². The van der Waals surface area contributed by atoms with Crippen LogP contribution in [0.1, 0.15) is 219 Å². The normalized spacial score (nSPS) is 15.5. The Labute approximate surface area is 960 Å². The maximum absolute atomic E-state index is 8.88. The monoisotopic (exact) mass is 2500 g/mol. The summed E-state index contributed by atoms with van der Waals surface area (Å²) in [5.41, 5.74) is 17.5. The van der Waals surface area contributed by atoms with Crippen LogP contribution >= 0.6 is 0 Å². The van der Waals surface area contributed by atoms with E-state index in [2.05, 4.69) is 87.1 Å². The number of para-hydroxylation sites is 1. The molecule has 3 radical (unpaired) electrons. The topological polar surface area (TPSA) is 117 Å². The molecule has 751 valence electrons. The van der Waals surface area contributed by atoms with Gasteiger partial charge in [0.2, 0.25) is 0 Å². The van der Waals surface area contributed by atoms with Crippen LogP contribution in [0.5, 0.6) is 0 Å². The van der Waals surface area contributed by atoms with Crippen molar-refractivity contribution in [1.82, 2.24) is 29.9 Å². The first-order valence-corrected chi connectivity index (χ1v) is 47.5. The van der Waals surface area contributed by atoms with Gasteiger partial charge >= 0.3 is 0 Å². The van der Waals surface area contributed by atoms with E-state index in [1.807, 2.05) is 148 Å². The zero-order valence-electron chi connectivity index (χ0n) is 115. The summed E-state index contributed by atoms with van der Waals surface area (Å²) in [5, 5.41) is 4.81. The Morgan fingerprint density at radius 1 is 0.318 bits per heavy atom. The van der Waals surface area contributed by atoms with Crippen molar-refractivity contribution >= 4 is 65.8 Å². The first-order chi connectivity index (χ1) is 82.6. The number of benzene rings is 13. The second-order valence-electron chi connectivity index (χ2n) is 37.6. The first-order valence-electron chi connectivity index (χ1n) is 63.5. The van der Waals surface area contributed by atoms with E-state index < -0.39 is 96.6 Å². The van der Waals surface area contributed by atoms with Crippen LogP contribution in [0.4, 0.5) is 0 Å². The van der Waals surface area contributed by atoms with Gasteiger partial charge in [0, 0.05) is 164 Å². The van der Waals surface area contributed by atoms with Crippen molar-refractivity contribution in [2.24, 2.45) is 16.7 Å². The summed E-state index contributed by atoms with van der Waals surface area (Å²) in [6.07, 6.45) is 1.05. The first kappa shape index (κ1) is 74.1. The summed E-state index contributed by atoms with van der Waals surface area (Å²) in [7, 11) is 0. The van der Waals surface area contributed by atoms with Crippen LogP contribution in [0.3, 0.4) is 0 Å². The van der Waals surface area contributed by atoms with Crippen LogP contribution in [0, 0.1) is 108 Å². The average molecular weight is 2500 g/mol. The molecule has 0 amide bonds. The maximum Gasteiger partial charge on any atom is 0.124 e. The molecule has 0 aliphatic rings. The molecule has 0 aliphatic carbocycles. The quantitative estimate of drug-likeness (QED) is 0.0774. The van der Waals surface area contributed by atoms with E-state index in [0.717, 1.165) is 55.6 Å². The predicted molar refractivity (Wildman–Crippen MR) is 603 cm³/mol. The van der Waals surface area contributed by atoms with Gasteiger partial charge < -0.3 is 43.2 Å². The summed E-state index contributed by atoms with van der Waals surface area (Å²) in [5.74, 6) is -0.512. The molecule has 0 saturated carbocycles. The standard InChI is InChI=1S/C31H22NO.C30H28NO.C29H26NO.C17H20N.C16H18N.C13H12N.3Ir/c1-21-20-32-29(19-27(21)24-11-6-3-7-12-24)26-14-8-13-25-28-18-23(15-16-30(28)33-31(25)26)17-22-9-4-2-5-10-22;1-20-19-31-27(17-23(20)18-30(2,3)4)26-12-8-11-25-24-14-13-22(16-28(24)32-29(25)26)15-21-9-6-5-7-10-21;1-29(2,3)19-21-15-16-30-26(18-21)25-14-8-13-24-23-12-7-11-22(27(23)31-28(24)25)17-20-9-5-4-6-10-20;1-12(2)9-16-11-18-17(10-14(16)4)15-7-5-13(3)6-8-15;1-11(2)15-9-16(17-10-13(15)4)14-7-5-12(3)6-8-14;1-10-3-6-12(7-4-10)13-8-5-11(2)9-14-13;;;/h2-13,15-16,18-20H,17H2,1H3;5-11,13-14,16-17,19H,15,18H2,1-4H3;4-13,15-16,18H,17,19H2,1-3H3;5-7,10-12H,9H2,1-4H3;5-7,9-11H,1-4H3;3-6,8-9H,1-2H3;;;/q6*-1;;;/i1D3,17D2;1D3,15D2,18D2;17D2,19D2;3D3;3D3,4D3,11D;1D3,2D3;;;. The third-order valence-electron chi connectivity index (χ3n) is 23.3. The smallest absolute Gasteiger partial charge is 0.124 e. The van der Waals surface area contributed by atoms with Gasteiger partial charge in [0.15, 0.2) is 0 Å². The van der Waals surface area contributed by atoms with E-state index in [9.17, 15) is 0 Å². The minimum atomic E-state index is -2.54. The van der Waals surface area contributed by atoms with E-state index >= 15 is 0 Å². The van der Waals surface area contributed by atoms with Gasteiger partial charge in [-0.25, -0.2) is 0 Å². The van der Waals surface area contributed by atoms with Crippen LogP contribution in [0.15, 0.2) is 366 Å². The molecule has 12 heteroatoms. The third-order valence-corrected chi connectivity index (χ3v) is 23.3. The third kappa shape index (κ3) is 28.1. The van der Waals surface area contributed by atoms with E-state index in [4.69, 9.17) is 57.1 Å². The minimum absolute atomic E-state index is 0. The van der Waals surface area contributed by atoms with Gasteiger partial charge in [0.1, 0.15) is 16.7 Å². The number of hydrogen-bond acceptors (Lipinski definition) is 9. The van der Waals surface area contributed by atoms with Crippen molar-refractivity contribution < 1.29 is 117 Å². The van der Waals surface area contributed by atoms with Crippen molar-refractivity contribution in [2.45, 2.75) is 168 Å². The molecule has 0 atom stereocenters.